The number of hydrogen-bond acceptors (Lipinski definition) is 3. The molecule has 0 bridgehead atoms. The van der Waals surface area contributed by atoms with Gasteiger partial charge in [-0.05, 0) is 85.7 Å². The van der Waals surface area contributed by atoms with Crippen LogP contribution >= 0.6 is 11.6 Å². The molecule has 3 aromatic rings. The van der Waals surface area contributed by atoms with Crippen molar-refractivity contribution in [1.82, 2.24) is 5.32 Å². The molecule has 32 heavy (non-hydrogen) atoms. The van der Waals surface area contributed by atoms with Crippen molar-refractivity contribution in [2.24, 2.45) is 11.7 Å². The third-order valence-electron chi connectivity index (χ3n) is 5.46. The quantitative estimate of drug-likeness (QED) is 0.304. The van der Waals surface area contributed by atoms with Gasteiger partial charge in [0.05, 0.1) is 0 Å². The summed E-state index contributed by atoms with van der Waals surface area (Å²) < 4.78 is 6.01. The fourth-order valence-electron chi connectivity index (χ4n) is 4.18. The second-order valence-corrected chi connectivity index (χ2v) is 9.54. The van der Waals surface area contributed by atoms with E-state index in [1.807, 2.05) is 36.4 Å². The van der Waals surface area contributed by atoms with E-state index in [1.165, 1.54) is 11.1 Å². The van der Waals surface area contributed by atoms with E-state index in [1.54, 1.807) is 0 Å². The molecule has 3 nitrogen and oxygen atoms in total. The van der Waals surface area contributed by atoms with Gasteiger partial charge in [-0.3, -0.25) is 0 Å². The molecule has 3 N–H and O–H groups in total. The molecular formula is C28H35ClN2O. The third-order valence-corrected chi connectivity index (χ3v) is 5.71. The molecule has 0 aliphatic heterocycles. The first kappa shape index (κ1) is 24.3. The maximum atomic E-state index is 6.93. The Labute approximate surface area is 198 Å². The van der Waals surface area contributed by atoms with E-state index < -0.39 is 0 Å². The SMILES string of the molecule is CC(C)CC(N)(CNCCCc1ccccc1)Cc1cccc(Oc2ccc(Cl)cc2)c1. The molecule has 1 atom stereocenters. The standard InChI is InChI=1S/C28H35ClN2O/c1-22(2)19-28(30,21-31-17-7-11-23-8-4-3-5-9-23)20-24-10-6-12-27(18-24)32-26-15-13-25(29)14-16-26/h3-6,8-10,12-16,18,22,31H,7,11,17,19-21,30H2,1-2H3. The Morgan fingerprint density at radius 3 is 2.34 bits per heavy atom. The molecule has 3 rings (SSSR count). The van der Waals surface area contributed by atoms with Crippen LogP contribution in [-0.2, 0) is 12.8 Å². The lowest BCUT2D eigenvalue weighted by atomic mass is 9.84. The first-order valence-electron chi connectivity index (χ1n) is 11.5. The molecule has 0 amide bonds. The van der Waals surface area contributed by atoms with E-state index in [4.69, 9.17) is 22.1 Å². The van der Waals surface area contributed by atoms with Crippen LogP contribution in [0.2, 0.25) is 5.02 Å². The molecule has 0 saturated heterocycles. The van der Waals surface area contributed by atoms with Crippen molar-refractivity contribution in [2.45, 2.75) is 45.1 Å². The van der Waals surface area contributed by atoms with Crippen LogP contribution in [0.15, 0.2) is 78.9 Å². The van der Waals surface area contributed by atoms with Crippen LogP contribution in [0, 0.1) is 5.92 Å². The van der Waals surface area contributed by atoms with Gasteiger partial charge in [-0.25, -0.2) is 0 Å². The van der Waals surface area contributed by atoms with Crippen LogP contribution < -0.4 is 15.8 Å². The van der Waals surface area contributed by atoms with Gasteiger partial charge in [0.15, 0.2) is 0 Å². The summed E-state index contributed by atoms with van der Waals surface area (Å²) in [4.78, 5) is 0. The van der Waals surface area contributed by atoms with Gasteiger partial charge in [0.2, 0.25) is 0 Å². The van der Waals surface area contributed by atoms with E-state index in [-0.39, 0.29) is 5.54 Å². The van der Waals surface area contributed by atoms with Crippen molar-refractivity contribution in [2.75, 3.05) is 13.1 Å². The Morgan fingerprint density at radius 1 is 0.906 bits per heavy atom. The molecule has 0 fully saturated rings. The highest BCUT2D eigenvalue weighted by molar-refractivity contribution is 6.30. The lowest BCUT2D eigenvalue weighted by molar-refractivity contribution is 0.321. The van der Waals surface area contributed by atoms with Crippen LogP contribution in [0.3, 0.4) is 0 Å². The summed E-state index contributed by atoms with van der Waals surface area (Å²) >= 11 is 5.97. The van der Waals surface area contributed by atoms with Crippen LogP contribution in [0.4, 0.5) is 0 Å². The van der Waals surface area contributed by atoms with Crippen molar-refractivity contribution in [3.8, 4) is 11.5 Å². The van der Waals surface area contributed by atoms with E-state index in [0.29, 0.717) is 10.9 Å². The zero-order valence-electron chi connectivity index (χ0n) is 19.2. The number of ether oxygens (including phenoxy) is 1. The highest BCUT2D eigenvalue weighted by Crippen LogP contribution is 2.26. The lowest BCUT2D eigenvalue weighted by Gasteiger charge is -2.32. The molecule has 4 heteroatoms. The monoisotopic (exact) mass is 450 g/mol. The van der Waals surface area contributed by atoms with Crippen molar-refractivity contribution >= 4 is 11.6 Å². The Bertz CT molecular complexity index is 943. The van der Waals surface area contributed by atoms with Crippen molar-refractivity contribution in [1.29, 1.82) is 0 Å². The first-order chi connectivity index (χ1) is 15.4. The van der Waals surface area contributed by atoms with Gasteiger partial charge in [0.25, 0.3) is 0 Å². The van der Waals surface area contributed by atoms with Crippen LogP contribution in [0.1, 0.15) is 37.8 Å². The smallest absolute Gasteiger partial charge is 0.127 e. The zero-order chi connectivity index (χ0) is 22.8. The Morgan fingerprint density at radius 2 is 1.62 bits per heavy atom. The lowest BCUT2D eigenvalue weighted by Crippen LogP contribution is -2.51. The van der Waals surface area contributed by atoms with Gasteiger partial charge >= 0.3 is 0 Å². The van der Waals surface area contributed by atoms with E-state index in [2.05, 4.69) is 61.6 Å². The minimum absolute atomic E-state index is 0.306. The Balaban J connectivity index is 1.56. The van der Waals surface area contributed by atoms with E-state index in [0.717, 1.165) is 50.3 Å². The van der Waals surface area contributed by atoms with Gasteiger partial charge in [-0.15, -0.1) is 0 Å². The van der Waals surface area contributed by atoms with Crippen LogP contribution in [0.5, 0.6) is 11.5 Å². The normalized spacial score (nSPS) is 13.2. The van der Waals surface area contributed by atoms with E-state index in [9.17, 15) is 0 Å². The largest absolute Gasteiger partial charge is 0.457 e. The minimum atomic E-state index is -0.306. The summed E-state index contributed by atoms with van der Waals surface area (Å²) in [5.41, 5.74) is 9.19. The number of rotatable bonds is 12. The maximum Gasteiger partial charge on any atom is 0.127 e. The summed E-state index contributed by atoms with van der Waals surface area (Å²) in [6, 6.07) is 26.3. The molecule has 1 unspecified atom stereocenters. The van der Waals surface area contributed by atoms with Gasteiger partial charge in [-0.2, -0.15) is 0 Å². The highest BCUT2D eigenvalue weighted by Gasteiger charge is 2.26. The second kappa shape index (κ2) is 12.1. The van der Waals surface area contributed by atoms with Crippen LogP contribution in [0.25, 0.3) is 0 Å². The van der Waals surface area contributed by atoms with Crippen molar-refractivity contribution in [3.05, 3.63) is 95.0 Å². The molecule has 0 radical (unpaired) electrons. The average Bonchev–Trinajstić information content (AvgIpc) is 2.75. The van der Waals surface area contributed by atoms with Crippen LogP contribution in [-0.4, -0.2) is 18.6 Å². The summed E-state index contributed by atoms with van der Waals surface area (Å²) in [6.45, 7) is 6.22. The number of aryl methyl sites for hydroxylation is 1. The number of nitrogens with one attached hydrogen (secondary N) is 1. The maximum absolute atomic E-state index is 6.93. The Kier molecular flexibility index (Phi) is 9.16. The zero-order valence-corrected chi connectivity index (χ0v) is 19.9. The molecule has 0 aromatic heterocycles. The molecule has 0 aliphatic rings. The molecule has 0 aliphatic carbocycles. The number of halogens is 1. The minimum Gasteiger partial charge on any atom is -0.457 e. The van der Waals surface area contributed by atoms with Gasteiger partial charge in [0, 0.05) is 17.1 Å². The van der Waals surface area contributed by atoms with Gasteiger partial charge in [-0.1, -0.05) is 67.9 Å². The predicted octanol–water partition coefficient (Wildman–Crippen LogP) is 6.64. The average molecular weight is 451 g/mol. The van der Waals surface area contributed by atoms with E-state index >= 15 is 0 Å². The van der Waals surface area contributed by atoms with Gasteiger partial charge < -0.3 is 15.8 Å². The summed E-state index contributed by atoms with van der Waals surface area (Å²) in [5.74, 6) is 2.11. The summed E-state index contributed by atoms with van der Waals surface area (Å²) in [7, 11) is 0. The molecular weight excluding hydrogens is 416 g/mol. The number of nitrogens with two attached hydrogens (primary N) is 1. The molecule has 3 aromatic carbocycles. The van der Waals surface area contributed by atoms with Gasteiger partial charge in [0.1, 0.15) is 11.5 Å². The molecule has 0 saturated carbocycles. The third kappa shape index (κ3) is 8.31. The summed E-state index contributed by atoms with van der Waals surface area (Å²) in [6.07, 6.45) is 3.95. The molecule has 170 valence electrons. The van der Waals surface area contributed by atoms with Crippen molar-refractivity contribution in [3.63, 3.8) is 0 Å². The summed E-state index contributed by atoms with van der Waals surface area (Å²) in [5, 5.41) is 4.31. The molecule has 0 spiro atoms. The molecule has 0 heterocycles. The first-order valence-corrected chi connectivity index (χ1v) is 11.9. The Hall–Kier alpha value is -2.33. The number of hydrogen-bond donors (Lipinski definition) is 2. The predicted molar refractivity (Wildman–Crippen MR) is 136 cm³/mol. The van der Waals surface area contributed by atoms with Crippen molar-refractivity contribution < 1.29 is 4.74 Å². The number of benzene rings is 3. The fourth-order valence-corrected chi connectivity index (χ4v) is 4.31. The fraction of sp³-hybridized carbons (Fsp3) is 0.357. The second-order valence-electron chi connectivity index (χ2n) is 9.11. The topological polar surface area (TPSA) is 47.3 Å². The highest BCUT2D eigenvalue weighted by atomic mass is 35.5.